The van der Waals surface area contributed by atoms with Gasteiger partial charge in [-0.25, -0.2) is 0 Å². The predicted molar refractivity (Wildman–Crippen MR) is 244 cm³/mol. The second-order valence-corrected chi connectivity index (χ2v) is 18.7. The van der Waals surface area contributed by atoms with E-state index in [4.69, 9.17) is 0 Å². The molecule has 268 valence electrons. The van der Waals surface area contributed by atoms with Gasteiger partial charge in [-0.2, -0.15) is 0 Å². The first-order valence-electron chi connectivity index (χ1n) is 19.7. The Bertz CT molecular complexity index is 3110. The minimum Gasteiger partial charge on any atom is -0.309 e. The molecule has 0 aliphatic heterocycles. The first-order valence-corrected chi connectivity index (χ1v) is 21.7. The third kappa shape index (κ3) is 5.17. The molecule has 0 saturated carbocycles. The quantitative estimate of drug-likeness (QED) is 0.114. The Morgan fingerprint density at radius 2 is 0.789 bits per heavy atom. The van der Waals surface area contributed by atoms with Gasteiger partial charge in [0.1, 0.15) is 0 Å². The molecule has 0 fully saturated rings. The van der Waals surface area contributed by atoms with E-state index in [1.54, 1.807) is 0 Å². The molecule has 0 spiro atoms. The Kier molecular flexibility index (Phi) is 7.87. The lowest BCUT2D eigenvalue weighted by Crippen LogP contribution is -2.74. The lowest BCUT2D eigenvalue weighted by atomic mass is 10.0. The topological polar surface area (TPSA) is 9.86 Å². The summed E-state index contributed by atoms with van der Waals surface area (Å²) < 4.78 is 4.98. The average molecular weight is 743 g/mol. The van der Waals surface area contributed by atoms with Crippen LogP contribution in [0.2, 0.25) is 0 Å². The molecule has 0 aliphatic rings. The predicted octanol–water partition coefficient (Wildman–Crippen LogP) is 10.9. The molecule has 57 heavy (non-hydrogen) atoms. The van der Waals surface area contributed by atoms with Gasteiger partial charge in [-0.3, -0.25) is 0 Å². The summed E-state index contributed by atoms with van der Waals surface area (Å²) >= 11 is 0. The van der Waals surface area contributed by atoms with Crippen LogP contribution in [0.1, 0.15) is 0 Å². The molecule has 3 heteroatoms. The van der Waals surface area contributed by atoms with E-state index in [0.29, 0.717) is 0 Å². The molecule has 2 nitrogen and oxygen atoms in total. The zero-order valence-electron chi connectivity index (χ0n) is 31.3. The molecular weight excluding hydrogens is 705 g/mol. The maximum absolute atomic E-state index is 2.78. The molecule has 11 rings (SSSR count). The Morgan fingerprint density at radius 3 is 1.44 bits per heavy atom. The van der Waals surface area contributed by atoms with Crippen molar-refractivity contribution in [3.8, 4) is 22.5 Å². The number of hydrogen-bond acceptors (Lipinski definition) is 0. The number of aromatic nitrogens is 2. The van der Waals surface area contributed by atoms with Crippen molar-refractivity contribution in [2.75, 3.05) is 0 Å². The van der Waals surface area contributed by atoms with Crippen molar-refractivity contribution in [2.24, 2.45) is 0 Å². The number of rotatable bonds is 7. The molecule has 0 amide bonds. The first kappa shape index (κ1) is 33.2. The van der Waals surface area contributed by atoms with Crippen molar-refractivity contribution in [3.63, 3.8) is 0 Å². The van der Waals surface area contributed by atoms with E-state index in [1.807, 2.05) is 0 Å². The van der Waals surface area contributed by atoms with Crippen molar-refractivity contribution in [1.82, 2.24) is 9.13 Å². The van der Waals surface area contributed by atoms with Crippen molar-refractivity contribution in [3.05, 3.63) is 231 Å². The molecule has 9 aromatic carbocycles. The van der Waals surface area contributed by atoms with Crippen LogP contribution in [-0.4, -0.2) is 17.2 Å². The largest absolute Gasteiger partial charge is 0.309 e. The van der Waals surface area contributed by atoms with Crippen LogP contribution in [0.25, 0.3) is 66.1 Å². The summed E-state index contributed by atoms with van der Waals surface area (Å²) in [6.07, 6.45) is 0. The molecule has 0 bridgehead atoms. The molecule has 0 N–H and O–H groups in total. The van der Waals surface area contributed by atoms with Gasteiger partial charge in [-0.15, -0.1) is 0 Å². The summed E-state index contributed by atoms with van der Waals surface area (Å²) in [6, 6.07) is 85.2. The highest BCUT2D eigenvalue weighted by atomic mass is 28.3. The maximum atomic E-state index is 2.54. The average Bonchev–Trinajstić information content (AvgIpc) is 3.81. The summed E-state index contributed by atoms with van der Waals surface area (Å²) in [7, 11) is -2.78. The fraction of sp³-hybridized carbons (Fsp3) is 0. The molecule has 0 radical (unpaired) electrons. The van der Waals surface area contributed by atoms with Crippen LogP contribution < -0.4 is 20.7 Å². The monoisotopic (exact) mass is 742 g/mol. The summed E-state index contributed by atoms with van der Waals surface area (Å²) in [6.45, 7) is 0. The number of para-hydroxylation sites is 2. The molecule has 0 aliphatic carbocycles. The van der Waals surface area contributed by atoms with Gasteiger partial charge < -0.3 is 9.13 Å². The van der Waals surface area contributed by atoms with Gasteiger partial charge in [0.2, 0.25) is 0 Å². The molecular formula is C54H38N2Si. The number of fused-ring (bicyclic) bond motifs is 6. The van der Waals surface area contributed by atoms with Crippen molar-refractivity contribution < 1.29 is 0 Å². The Hall–Kier alpha value is -7.20. The highest BCUT2D eigenvalue weighted by Crippen LogP contribution is 2.41. The SMILES string of the molecule is c1ccc(-c2ccc3c4c(-n5c6ccccc6c6ccc([Si](c7ccccc7)(c7ccccc7)c7ccccc7)cc65)cccc4n(-c4ccccc4)c3c2)cc1. The first-order chi connectivity index (χ1) is 28.3. The molecule has 0 unspecified atom stereocenters. The number of hydrogen-bond donors (Lipinski definition) is 0. The van der Waals surface area contributed by atoms with Crippen LogP contribution in [0.5, 0.6) is 0 Å². The van der Waals surface area contributed by atoms with Crippen LogP contribution in [-0.2, 0) is 0 Å². The summed E-state index contributed by atoms with van der Waals surface area (Å²) in [5, 5.41) is 10.4. The normalized spacial score (nSPS) is 11.9. The van der Waals surface area contributed by atoms with Crippen LogP contribution in [0.4, 0.5) is 0 Å². The third-order valence-corrected chi connectivity index (χ3v) is 16.6. The third-order valence-electron chi connectivity index (χ3n) is 11.9. The Balaban J connectivity index is 1.26. The second kappa shape index (κ2) is 13.5. The van der Waals surface area contributed by atoms with E-state index in [9.17, 15) is 0 Å². The van der Waals surface area contributed by atoms with E-state index in [0.717, 1.165) is 5.69 Å². The van der Waals surface area contributed by atoms with Crippen molar-refractivity contribution in [2.45, 2.75) is 0 Å². The summed E-state index contributed by atoms with van der Waals surface area (Å²) in [4.78, 5) is 0. The maximum Gasteiger partial charge on any atom is 0.179 e. The Morgan fingerprint density at radius 1 is 0.281 bits per heavy atom. The van der Waals surface area contributed by atoms with E-state index in [1.165, 1.54) is 81.2 Å². The van der Waals surface area contributed by atoms with Gasteiger partial charge in [0.25, 0.3) is 0 Å². The zero-order chi connectivity index (χ0) is 37.8. The number of benzene rings is 9. The Labute approximate surface area is 333 Å². The van der Waals surface area contributed by atoms with Gasteiger partial charge in [0.15, 0.2) is 8.07 Å². The summed E-state index contributed by atoms with van der Waals surface area (Å²) in [5.74, 6) is 0. The minimum absolute atomic E-state index is 1.15. The van der Waals surface area contributed by atoms with Crippen LogP contribution >= 0.6 is 0 Å². The molecule has 2 aromatic heterocycles. The molecule has 0 saturated heterocycles. The highest BCUT2D eigenvalue weighted by Gasteiger charge is 2.41. The smallest absolute Gasteiger partial charge is 0.179 e. The van der Waals surface area contributed by atoms with E-state index < -0.39 is 8.07 Å². The minimum atomic E-state index is -2.78. The fourth-order valence-corrected chi connectivity index (χ4v) is 14.2. The molecule has 11 aromatic rings. The van der Waals surface area contributed by atoms with Gasteiger partial charge in [-0.1, -0.05) is 188 Å². The van der Waals surface area contributed by atoms with Crippen LogP contribution in [0.15, 0.2) is 231 Å². The van der Waals surface area contributed by atoms with Gasteiger partial charge in [0, 0.05) is 27.2 Å². The van der Waals surface area contributed by atoms with Crippen molar-refractivity contribution >= 4 is 72.4 Å². The molecule has 0 atom stereocenters. The van der Waals surface area contributed by atoms with Gasteiger partial charge >= 0.3 is 0 Å². The standard InChI is InChI=1S/C54H38N2Si/c1-6-19-39(20-7-1)40-33-35-48-52(37-40)55(41-21-8-2-9-22-41)50-31-18-32-51(54(48)50)56-49-30-17-16-29-46(49)47-36-34-45(38-53(47)56)57(42-23-10-3-11-24-42,43-25-12-4-13-26-43)44-27-14-5-15-28-44/h1-38H. The second-order valence-electron chi connectivity index (χ2n) is 14.9. The van der Waals surface area contributed by atoms with E-state index in [2.05, 4.69) is 240 Å². The molecule has 2 heterocycles. The zero-order valence-corrected chi connectivity index (χ0v) is 32.3. The lowest BCUT2D eigenvalue weighted by Gasteiger charge is -2.34. The van der Waals surface area contributed by atoms with Gasteiger partial charge in [0.05, 0.1) is 27.8 Å². The van der Waals surface area contributed by atoms with E-state index >= 15 is 0 Å². The van der Waals surface area contributed by atoms with Crippen molar-refractivity contribution in [1.29, 1.82) is 0 Å². The lowest BCUT2D eigenvalue weighted by molar-refractivity contribution is 1.17. The summed E-state index contributed by atoms with van der Waals surface area (Å²) in [5.41, 5.74) is 9.52. The fourth-order valence-electron chi connectivity index (χ4n) is 9.43. The van der Waals surface area contributed by atoms with Crippen LogP contribution in [0.3, 0.4) is 0 Å². The van der Waals surface area contributed by atoms with E-state index in [-0.39, 0.29) is 0 Å². The van der Waals surface area contributed by atoms with Crippen LogP contribution in [0, 0.1) is 0 Å². The number of nitrogens with zero attached hydrogens (tertiary/aromatic N) is 2. The highest BCUT2D eigenvalue weighted by molar-refractivity contribution is 7.20. The van der Waals surface area contributed by atoms with Gasteiger partial charge in [-0.05, 0) is 74.3 Å².